The topological polar surface area (TPSA) is 52.7 Å². The Bertz CT molecular complexity index is 988. The molecular weight excluding hydrogens is 382 g/mol. The summed E-state index contributed by atoms with van der Waals surface area (Å²) in [5.41, 5.74) is 2.25. The van der Waals surface area contributed by atoms with E-state index in [0.717, 1.165) is 12.1 Å². The summed E-state index contributed by atoms with van der Waals surface area (Å²) in [6, 6.07) is 21.2. The van der Waals surface area contributed by atoms with E-state index in [4.69, 9.17) is 0 Å². The van der Waals surface area contributed by atoms with Crippen molar-refractivity contribution in [2.75, 3.05) is 30.4 Å². The van der Waals surface area contributed by atoms with E-state index in [-0.39, 0.29) is 17.9 Å². The Hall–Kier alpha value is -3.12. The number of amides is 2. The number of thiophene rings is 1. The first-order valence-corrected chi connectivity index (χ1v) is 10.5. The molecule has 1 aliphatic rings. The molecule has 1 fully saturated rings. The van der Waals surface area contributed by atoms with Gasteiger partial charge in [0.05, 0.1) is 16.1 Å². The third-order valence-electron chi connectivity index (χ3n) is 5.15. The second-order valence-electron chi connectivity index (χ2n) is 7.11. The van der Waals surface area contributed by atoms with Gasteiger partial charge in [-0.1, -0.05) is 36.4 Å². The highest BCUT2D eigenvalue weighted by atomic mass is 32.1. The summed E-state index contributed by atoms with van der Waals surface area (Å²) in [7, 11) is 1.72. The zero-order chi connectivity index (χ0) is 20.2. The Balaban J connectivity index is 1.49. The molecule has 0 saturated carbocycles. The summed E-state index contributed by atoms with van der Waals surface area (Å²) >= 11 is 1.40. The fraction of sp³-hybridized carbons (Fsp3) is 0.217. The number of likely N-dealkylation sites (tertiary alicyclic amines) is 1. The quantitative estimate of drug-likeness (QED) is 0.687. The first kappa shape index (κ1) is 19.2. The van der Waals surface area contributed by atoms with Crippen molar-refractivity contribution in [3.63, 3.8) is 0 Å². The van der Waals surface area contributed by atoms with Crippen LogP contribution in [0.4, 0.5) is 11.4 Å². The predicted octanol–water partition coefficient (Wildman–Crippen LogP) is 4.35. The van der Waals surface area contributed by atoms with Gasteiger partial charge in [-0.15, -0.1) is 11.3 Å². The molecule has 0 radical (unpaired) electrons. The molecule has 1 atom stereocenters. The lowest BCUT2D eigenvalue weighted by molar-refractivity contribution is 0.0792. The van der Waals surface area contributed by atoms with E-state index in [1.165, 1.54) is 11.3 Å². The average Bonchev–Trinajstić information content (AvgIpc) is 3.45. The average molecular weight is 406 g/mol. The maximum absolute atomic E-state index is 13.2. The van der Waals surface area contributed by atoms with E-state index < -0.39 is 0 Å². The van der Waals surface area contributed by atoms with E-state index in [1.807, 2.05) is 64.9 Å². The third kappa shape index (κ3) is 4.17. The van der Waals surface area contributed by atoms with Gasteiger partial charge in [0.15, 0.2) is 0 Å². The fourth-order valence-electron chi connectivity index (χ4n) is 3.62. The third-order valence-corrected chi connectivity index (χ3v) is 6.01. The van der Waals surface area contributed by atoms with Crippen LogP contribution < -0.4 is 10.2 Å². The van der Waals surface area contributed by atoms with Crippen molar-refractivity contribution >= 4 is 34.5 Å². The Morgan fingerprint density at radius 3 is 2.55 bits per heavy atom. The summed E-state index contributed by atoms with van der Waals surface area (Å²) < 4.78 is 0. The number of anilines is 2. The van der Waals surface area contributed by atoms with Crippen molar-refractivity contribution in [3.8, 4) is 0 Å². The number of benzene rings is 2. The highest BCUT2D eigenvalue weighted by molar-refractivity contribution is 7.12. The van der Waals surface area contributed by atoms with Crippen LogP contribution in [0.25, 0.3) is 0 Å². The molecule has 1 N–H and O–H groups in total. The van der Waals surface area contributed by atoms with Crippen molar-refractivity contribution in [1.82, 2.24) is 4.90 Å². The number of rotatable bonds is 5. The normalized spacial score (nSPS) is 15.9. The van der Waals surface area contributed by atoms with Crippen LogP contribution >= 0.6 is 11.3 Å². The van der Waals surface area contributed by atoms with Crippen molar-refractivity contribution < 1.29 is 9.59 Å². The van der Waals surface area contributed by atoms with Gasteiger partial charge in [-0.2, -0.15) is 0 Å². The largest absolute Gasteiger partial charge is 0.380 e. The molecule has 0 aliphatic carbocycles. The molecule has 5 nitrogen and oxygen atoms in total. The summed E-state index contributed by atoms with van der Waals surface area (Å²) in [6.45, 7) is 1.34. The first-order chi connectivity index (χ1) is 14.1. The van der Waals surface area contributed by atoms with Gasteiger partial charge in [-0.25, -0.2) is 0 Å². The highest BCUT2D eigenvalue weighted by Gasteiger charge is 2.29. The Morgan fingerprint density at radius 2 is 1.79 bits per heavy atom. The Labute approximate surface area is 174 Å². The molecule has 2 heterocycles. The molecule has 1 saturated heterocycles. The van der Waals surface area contributed by atoms with Crippen LogP contribution in [-0.4, -0.2) is 42.9 Å². The van der Waals surface area contributed by atoms with E-state index in [1.54, 1.807) is 24.1 Å². The van der Waals surface area contributed by atoms with Gasteiger partial charge in [-0.3, -0.25) is 9.59 Å². The van der Waals surface area contributed by atoms with Gasteiger partial charge < -0.3 is 15.1 Å². The lowest BCUT2D eigenvalue weighted by Crippen LogP contribution is -2.34. The molecule has 29 heavy (non-hydrogen) atoms. The molecule has 1 unspecified atom stereocenters. The lowest BCUT2D eigenvalue weighted by Gasteiger charge is -2.23. The van der Waals surface area contributed by atoms with Crippen molar-refractivity contribution in [1.29, 1.82) is 0 Å². The van der Waals surface area contributed by atoms with Crippen LogP contribution in [-0.2, 0) is 0 Å². The zero-order valence-corrected chi connectivity index (χ0v) is 17.1. The van der Waals surface area contributed by atoms with Crippen LogP contribution in [0.2, 0.25) is 0 Å². The molecule has 4 rings (SSSR count). The van der Waals surface area contributed by atoms with E-state index in [0.29, 0.717) is 29.2 Å². The molecule has 2 amide bonds. The molecule has 148 valence electrons. The molecule has 0 bridgehead atoms. The Kier molecular flexibility index (Phi) is 5.62. The summed E-state index contributed by atoms with van der Waals surface area (Å²) in [5, 5.41) is 5.37. The van der Waals surface area contributed by atoms with Gasteiger partial charge in [0.1, 0.15) is 0 Å². The molecule has 0 spiro atoms. The molecule has 1 aliphatic heterocycles. The molecular formula is C23H23N3O2S. The number of carbonyl (C=O) groups excluding carboxylic acids is 2. The number of carbonyl (C=O) groups is 2. The minimum absolute atomic E-state index is 0.0382. The van der Waals surface area contributed by atoms with Gasteiger partial charge in [0.25, 0.3) is 11.8 Å². The number of hydrogen-bond donors (Lipinski definition) is 1. The second kappa shape index (κ2) is 8.49. The monoisotopic (exact) mass is 405 g/mol. The lowest BCUT2D eigenvalue weighted by atomic mass is 10.1. The number of para-hydroxylation sites is 2. The molecule has 3 aromatic rings. The van der Waals surface area contributed by atoms with Crippen LogP contribution in [0, 0.1) is 0 Å². The molecule has 2 aromatic carbocycles. The van der Waals surface area contributed by atoms with Crippen molar-refractivity contribution in [3.05, 3.63) is 82.6 Å². The maximum atomic E-state index is 13.2. The van der Waals surface area contributed by atoms with Crippen LogP contribution in [0.5, 0.6) is 0 Å². The number of nitrogens with zero attached hydrogens (tertiary/aromatic N) is 2. The maximum Gasteiger partial charge on any atom is 0.268 e. The van der Waals surface area contributed by atoms with Gasteiger partial charge in [0.2, 0.25) is 0 Å². The summed E-state index contributed by atoms with van der Waals surface area (Å²) in [4.78, 5) is 30.1. The van der Waals surface area contributed by atoms with E-state index >= 15 is 0 Å². The van der Waals surface area contributed by atoms with E-state index in [9.17, 15) is 9.59 Å². The van der Waals surface area contributed by atoms with Crippen LogP contribution in [0.15, 0.2) is 72.1 Å². The summed E-state index contributed by atoms with van der Waals surface area (Å²) in [5.74, 6) is -0.144. The van der Waals surface area contributed by atoms with Crippen molar-refractivity contribution in [2.24, 2.45) is 0 Å². The fourth-order valence-corrected chi connectivity index (χ4v) is 4.32. The van der Waals surface area contributed by atoms with Crippen LogP contribution in [0.1, 0.15) is 26.5 Å². The first-order valence-electron chi connectivity index (χ1n) is 9.65. The Morgan fingerprint density at radius 1 is 1.03 bits per heavy atom. The van der Waals surface area contributed by atoms with Crippen LogP contribution in [0.3, 0.4) is 0 Å². The standard InChI is InChI=1S/C23H23N3O2S/c1-25(23(28)21-12-7-15-29-21)20-11-6-5-10-19(20)22(27)26-14-13-18(16-26)24-17-8-3-2-4-9-17/h2-12,15,18,24H,13-14,16H2,1H3. The zero-order valence-electron chi connectivity index (χ0n) is 16.2. The second-order valence-corrected chi connectivity index (χ2v) is 8.05. The minimum Gasteiger partial charge on any atom is -0.380 e. The number of hydrogen-bond acceptors (Lipinski definition) is 4. The van der Waals surface area contributed by atoms with Gasteiger partial charge in [0, 0.05) is 31.9 Å². The number of nitrogens with one attached hydrogen (secondary N) is 1. The molecule has 1 aromatic heterocycles. The van der Waals surface area contributed by atoms with Gasteiger partial charge >= 0.3 is 0 Å². The summed E-state index contributed by atoms with van der Waals surface area (Å²) in [6.07, 6.45) is 0.896. The van der Waals surface area contributed by atoms with Crippen molar-refractivity contribution in [2.45, 2.75) is 12.5 Å². The minimum atomic E-state index is -0.106. The smallest absolute Gasteiger partial charge is 0.268 e. The highest BCUT2D eigenvalue weighted by Crippen LogP contribution is 2.26. The molecule has 6 heteroatoms. The predicted molar refractivity (Wildman–Crippen MR) is 118 cm³/mol. The van der Waals surface area contributed by atoms with Gasteiger partial charge in [-0.05, 0) is 42.1 Å². The van der Waals surface area contributed by atoms with E-state index in [2.05, 4.69) is 5.32 Å². The SMILES string of the molecule is CN(C(=O)c1cccs1)c1ccccc1C(=O)N1CCC(Nc2ccccc2)C1.